The van der Waals surface area contributed by atoms with Crippen molar-refractivity contribution in [3.05, 3.63) is 72.3 Å². The minimum absolute atomic E-state index is 0.115. The summed E-state index contributed by atoms with van der Waals surface area (Å²) >= 11 is 0. The van der Waals surface area contributed by atoms with E-state index in [1.807, 2.05) is 13.8 Å². The molecule has 2 atom stereocenters. The van der Waals surface area contributed by atoms with Crippen LogP contribution in [0.5, 0.6) is 0 Å². The van der Waals surface area contributed by atoms with Crippen molar-refractivity contribution in [1.29, 1.82) is 0 Å². The molecule has 1 N–H and O–H groups in total. The molecular weight excluding hydrogens is 432 g/mol. The van der Waals surface area contributed by atoms with E-state index in [1.165, 1.54) is 4.31 Å². The van der Waals surface area contributed by atoms with E-state index in [0.717, 1.165) is 24.0 Å². The lowest BCUT2D eigenvalue weighted by atomic mass is 9.91. The van der Waals surface area contributed by atoms with E-state index >= 15 is 0 Å². The lowest BCUT2D eigenvalue weighted by Crippen LogP contribution is -2.54. The molecule has 6 nitrogen and oxygen atoms in total. The van der Waals surface area contributed by atoms with Gasteiger partial charge >= 0.3 is 0 Å². The molecule has 0 saturated heterocycles. The summed E-state index contributed by atoms with van der Waals surface area (Å²) in [6.45, 7) is 7.63. The van der Waals surface area contributed by atoms with Crippen molar-refractivity contribution < 1.29 is 16.8 Å². The fourth-order valence-electron chi connectivity index (χ4n) is 3.96. The van der Waals surface area contributed by atoms with E-state index < -0.39 is 32.1 Å². The highest BCUT2D eigenvalue weighted by Gasteiger charge is 2.38. The number of sulfonamides is 2. The number of hydrogen-bond acceptors (Lipinski definition) is 4. The maximum absolute atomic E-state index is 13.5. The maximum atomic E-state index is 13.5. The predicted molar refractivity (Wildman–Crippen MR) is 123 cm³/mol. The molecule has 2 aromatic carbocycles. The summed E-state index contributed by atoms with van der Waals surface area (Å²) in [5.74, 6) is 0. The Hall–Kier alpha value is -2.00. The Labute approximate surface area is 186 Å². The standard InChI is InChI=1S/C23H30N2O4S2/c1-4-17-25(31(28,29)21-15-11-19(3)12-16-21)23-8-6-5-7-22(23)24-30(26,27)20-13-9-18(2)10-14-20/h4,9-16,22-24H,1,5-8,17H2,2-3H3/t22-,23+/m1/s1. The van der Waals surface area contributed by atoms with Gasteiger partial charge in [-0.05, 0) is 51.0 Å². The first-order chi connectivity index (χ1) is 14.6. The van der Waals surface area contributed by atoms with Gasteiger partial charge < -0.3 is 0 Å². The molecule has 3 rings (SSSR count). The van der Waals surface area contributed by atoms with Crippen LogP contribution in [-0.4, -0.2) is 39.8 Å². The second-order valence-electron chi connectivity index (χ2n) is 8.07. The van der Waals surface area contributed by atoms with E-state index in [9.17, 15) is 16.8 Å². The fourth-order valence-corrected chi connectivity index (χ4v) is 6.93. The minimum atomic E-state index is -3.81. The van der Waals surface area contributed by atoms with Crippen LogP contribution in [-0.2, 0) is 20.0 Å². The Bertz CT molecular complexity index is 1110. The van der Waals surface area contributed by atoms with Crippen LogP contribution in [0.3, 0.4) is 0 Å². The van der Waals surface area contributed by atoms with Crippen LogP contribution in [0.25, 0.3) is 0 Å². The molecule has 0 aromatic heterocycles. The van der Waals surface area contributed by atoms with Crippen LogP contribution in [0.4, 0.5) is 0 Å². The SMILES string of the molecule is C=CCN([C@H]1CCCC[C@H]1NS(=O)(=O)c1ccc(C)cc1)S(=O)(=O)c1ccc(C)cc1. The van der Waals surface area contributed by atoms with Crippen LogP contribution in [0, 0.1) is 13.8 Å². The lowest BCUT2D eigenvalue weighted by Gasteiger charge is -2.39. The highest BCUT2D eigenvalue weighted by Crippen LogP contribution is 2.29. The van der Waals surface area contributed by atoms with Crippen molar-refractivity contribution in [2.45, 2.75) is 61.4 Å². The first-order valence-corrected chi connectivity index (χ1v) is 13.4. The van der Waals surface area contributed by atoms with Crippen molar-refractivity contribution >= 4 is 20.0 Å². The summed E-state index contributed by atoms with van der Waals surface area (Å²) in [5.41, 5.74) is 1.94. The van der Waals surface area contributed by atoms with Gasteiger partial charge in [0.2, 0.25) is 20.0 Å². The van der Waals surface area contributed by atoms with E-state index in [4.69, 9.17) is 0 Å². The van der Waals surface area contributed by atoms with Crippen molar-refractivity contribution in [2.24, 2.45) is 0 Å². The first kappa shape index (κ1) is 23.7. The topological polar surface area (TPSA) is 83.6 Å². The molecule has 1 saturated carbocycles. The zero-order chi connectivity index (χ0) is 22.6. The van der Waals surface area contributed by atoms with Gasteiger partial charge in [-0.2, -0.15) is 4.31 Å². The molecule has 0 heterocycles. The summed E-state index contributed by atoms with van der Waals surface area (Å²) in [5, 5.41) is 0. The molecule has 31 heavy (non-hydrogen) atoms. The summed E-state index contributed by atoms with van der Waals surface area (Å²) in [6.07, 6.45) is 4.38. The van der Waals surface area contributed by atoms with E-state index in [2.05, 4.69) is 11.3 Å². The van der Waals surface area contributed by atoms with E-state index in [-0.39, 0.29) is 16.3 Å². The normalized spacial score (nSPS) is 20.0. The van der Waals surface area contributed by atoms with Gasteiger partial charge in [-0.15, -0.1) is 6.58 Å². The third-order valence-electron chi connectivity index (χ3n) is 5.67. The predicted octanol–water partition coefficient (Wildman–Crippen LogP) is 3.77. The van der Waals surface area contributed by atoms with Gasteiger partial charge in [0.05, 0.1) is 9.79 Å². The molecular formula is C23H30N2O4S2. The van der Waals surface area contributed by atoms with E-state index in [1.54, 1.807) is 54.6 Å². The second-order valence-corrected chi connectivity index (χ2v) is 11.7. The summed E-state index contributed by atoms with van der Waals surface area (Å²) < 4.78 is 57.1. The van der Waals surface area contributed by atoms with Crippen molar-refractivity contribution in [2.75, 3.05) is 6.54 Å². The Balaban J connectivity index is 1.93. The molecule has 1 aliphatic rings. The molecule has 0 spiro atoms. The van der Waals surface area contributed by atoms with E-state index in [0.29, 0.717) is 12.8 Å². The minimum Gasteiger partial charge on any atom is -0.207 e. The molecule has 1 aliphatic carbocycles. The summed E-state index contributed by atoms with van der Waals surface area (Å²) in [4.78, 5) is 0.379. The Morgan fingerprint density at radius 1 is 0.903 bits per heavy atom. The quantitative estimate of drug-likeness (QED) is 0.606. The fraction of sp³-hybridized carbons (Fsp3) is 0.391. The number of aryl methyl sites for hydroxylation is 2. The van der Waals surface area contributed by atoms with Crippen molar-refractivity contribution in [1.82, 2.24) is 9.03 Å². The molecule has 1 fully saturated rings. The average molecular weight is 463 g/mol. The molecule has 0 radical (unpaired) electrons. The molecule has 0 unspecified atom stereocenters. The van der Waals surface area contributed by atoms with Crippen molar-refractivity contribution in [3.63, 3.8) is 0 Å². The monoisotopic (exact) mass is 462 g/mol. The van der Waals surface area contributed by atoms with Crippen LogP contribution in [0.1, 0.15) is 36.8 Å². The lowest BCUT2D eigenvalue weighted by molar-refractivity contribution is 0.226. The van der Waals surface area contributed by atoms with Gasteiger partial charge in [-0.25, -0.2) is 21.6 Å². The van der Waals surface area contributed by atoms with Gasteiger partial charge in [0.15, 0.2) is 0 Å². The third kappa shape index (κ3) is 5.44. The zero-order valence-electron chi connectivity index (χ0n) is 18.0. The number of nitrogens with one attached hydrogen (secondary N) is 1. The highest BCUT2D eigenvalue weighted by molar-refractivity contribution is 7.89. The summed E-state index contributed by atoms with van der Waals surface area (Å²) in [7, 11) is -7.58. The molecule has 0 aliphatic heterocycles. The highest BCUT2D eigenvalue weighted by atomic mass is 32.2. The van der Waals surface area contributed by atoms with Crippen molar-refractivity contribution in [3.8, 4) is 0 Å². The van der Waals surface area contributed by atoms with Gasteiger partial charge in [0, 0.05) is 18.6 Å². The summed E-state index contributed by atoms with van der Waals surface area (Å²) in [6, 6.07) is 12.3. The molecule has 8 heteroatoms. The second kappa shape index (κ2) is 9.65. The maximum Gasteiger partial charge on any atom is 0.243 e. The Morgan fingerprint density at radius 2 is 1.42 bits per heavy atom. The smallest absolute Gasteiger partial charge is 0.207 e. The van der Waals surface area contributed by atoms with Gasteiger partial charge in [-0.1, -0.05) is 54.3 Å². The number of nitrogens with zero attached hydrogens (tertiary/aromatic N) is 1. The zero-order valence-corrected chi connectivity index (χ0v) is 19.6. The van der Waals surface area contributed by atoms with Crippen LogP contribution in [0.2, 0.25) is 0 Å². The van der Waals surface area contributed by atoms with Gasteiger partial charge in [0.25, 0.3) is 0 Å². The molecule has 0 bridgehead atoms. The molecule has 168 valence electrons. The van der Waals surface area contributed by atoms with Gasteiger partial charge in [0.1, 0.15) is 0 Å². The largest absolute Gasteiger partial charge is 0.243 e. The van der Waals surface area contributed by atoms with Gasteiger partial charge in [-0.3, -0.25) is 0 Å². The number of hydrogen-bond donors (Lipinski definition) is 1. The van der Waals surface area contributed by atoms with Crippen LogP contribution < -0.4 is 4.72 Å². The Kier molecular flexibility index (Phi) is 7.36. The Morgan fingerprint density at radius 3 is 1.97 bits per heavy atom. The third-order valence-corrected chi connectivity index (χ3v) is 9.08. The first-order valence-electron chi connectivity index (χ1n) is 10.4. The number of rotatable bonds is 8. The number of benzene rings is 2. The van der Waals surface area contributed by atoms with Crippen LogP contribution >= 0.6 is 0 Å². The van der Waals surface area contributed by atoms with Crippen LogP contribution in [0.15, 0.2) is 71.0 Å². The molecule has 0 amide bonds. The average Bonchev–Trinajstić information content (AvgIpc) is 2.73. The molecule has 2 aromatic rings.